The average molecular weight is 273 g/mol. The number of aliphatic carboxylic acids is 1. The molecule has 4 N–H and O–H groups in total. The van der Waals surface area contributed by atoms with E-state index in [0.29, 0.717) is 5.69 Å². The van der Waals surface area contributed by atoms with Crippen molar-refractivity contribution in [1.82, 2.24) is 0 Å². The van der Waals surface area contributed by atoms with Gasteiger partial charge in [0.25, 0.3) is 0 Å². The summed E-state index contributed by atoms with van der Waals surface area (Å²) in [6, 6.07) is 12.0. The van der Waals surface area contributed by atoms with Gasteiger partial charge >= 0.3 is 5.97 Å². The van der Waals surface area contributed by atoms with E-state index in [-0.39, 0.29) is 17.9 Å². The quantitative estimate of drug-likeness (QED) is 0.627. The molecule has 0 amide bonds. The van der Waals surface area contributed by atoms with Crippen LogP contribution >= 0.6 is 0 Å². The second-order valence-corrected chi connectivity index (χ2v) is 4.42. The highest BCUT2D eigenvalue weighted by Gasteiger charge is 2.18. The van der Waals surface area contributed by atoms with Crippen LogP contribution in [0.1, 0.15) is 5.56 Å². The van der Waals surface area contributed by atoms with Gasteiger partial charge in [0.15, 0.2) is 0 Å². The van der Waals surface area contributed by atoms with Crippen molar-refractivity contribution in [2.45, 2.75) is 12.5 Å². The number of rotatable bonds is 5. The van der Waals surface area contributed by atoms with E-state index in [2.05, 4.69) is 5.32 Å². The lowest BCUT2D eigenvalue weighted by molar-refractivity contribution is -0.137. The molecular weight excluding hydrogens is 258 g/mol. The van der Waals surface area contributed by atoms with Crippen LogP contribution in [-0.2, 0) is 11.2 Å². The Morgan fingerprint density at radius 1 is 1.05 bits per heavy atom. The Kier molecular flexibility index (Phi) is 4.10. The highest BCUT2D eigenvalue weighted by molar-refractivity contribution is 5.78. The predicted octanol–water partition coefficient (Wildman–Crippen LogP) is 2.21. The minimum absolute atomic E-state index is 0.00413. The summed E-state index contributed by atoms with van der Waals surface area (Å²) in [5, 5.41) is 30.9. The fourth-order valence-electron chi connectivity index (χ4n) is 1.85. The van der Waals surface area contributed by atoms with Crippen LogP contribution in [-0.4, -0.2) is 27.3 Å². The summed E-state index contributed by atoms with van der Waals surface area (Å²) in [5.41, 5.74) is 1.15. The first kappa shape index (κ1) is 13.7. The number of carboxylic acid groups (broad SMARTS) is 1. The number of benzene rings is 2. The van der Waals surface area contributed by atoms with Crippen LogP contribution in [0.3, 0.4) is 0 Å². The molecule has 5 heteroatoms. The van der Waals surface area contributed by atoms with Crippen molar-refractivity contribution in [3.63, 3.8) is 0 Å². The Bertz CT molecular complexity index is 595. The number of hydrogen-bond acceptors (Lipinski definition) is 4. The molecule has 2 aromatic carbocycles. The van der Waals surface area contributed by atoms with E-state index in [1.807, 2.05) is 0 Å². The third-order valence-corrected chi connectivity index (χ3v) is 2.91. The minimum atomic E-state index is -1.01. The van der Waals surface area contributed by atoms with Crippen molar-refractivity contribution in [3.05, 3.63) is 54.1 Å². The van der Waals surface area contributed by atoms with E-state index >= 15 is 0 Å². The summed E-state index contributed by atoms with van der Waals surface area (Å²) in [6.07, 6.45) is 0.240. The van der Waals surface area contributed by atoms with Gasteiger partial charge in [0.2, 0.25) is 0 Å². The average Bonchev–Trinajstić information content (AvgIpc) is 2.42. The number of para-hydroxylation sites is 2. The molecule has 1 atom stereocenters. The molecule has 0 spiro atoms. The molecule has 20 heavy (non-hydrogen) atoms. The largest absolute Gasteiger partial charge is 0.508 e. The van der Waals surface area contributed by atoms with Gasteiger partial charge in [-0.1, -0.05) is 24.3 Å². The summed E-state index contributed by atoms with van der Waals surface area (Å²) in [6.45, 7) is 0. The van der Waals surface area contributed by atoms with Gasteiger partial charge in [-0.15, -0.1) is 0 Å². The van der Waals surface area contributed by atoms with Crippen LogP contribution in [0.5, 0.6) is 11.5 Å². The number of anilines is 1. The van der Waals surface area contributed by atoms with Crippen LogP contribution in [0.25, 0.3) is 0 Å². The van der Waals surface area contributed by atoms with E-state index in [9.17, 15) is 20.1 Å². The molecule has 0 saturated carbocycles. The Morgan fingerprint density at radius 2 is 1.70 bits per heavy atom. The molecule has 0 fully saturated rings. The highest BCUT2D eigenvalue weighted by atomic mass is 16.4. The lowest BCUT2D eigenvalue weighted by Gasteiger charge is -2.16. The van der Waals surface area contributed by atoms with Crippen LogP contribution in [0.4, 0.5) is 5.69 Å². The maximum atomic E-state index is 11.3. The first-order valence-corrected chi connectivity index (χ1v) is 6.11. The number of aromatic hydroxyl groups is 2. The molecule has 5 nitrogen and oxygen atoms in total. The Morgan fingerprint density at radius 3 is 2.30 bits per heavy atom. The zero-order valence-electron chi connectivity index (χ0n) is 10.7. The number of phenols is 2. The zero-order chi connectivity index (χ0) is 14.5. The molecule has 0 aliphatic heterocycles. The first-order valence-electron chi connectivity index (χ1n) is 6.11. The topological polar surface area (TPSA) is 89.8 Å². The Hall–Kier alpha value is -2.69. The van der Waals surface area contributed by atoms with E-state index in [4.69, 9.17) is 0 Å². The van der Waals surface area contributed by atoms with Gasteiger partial charge < -0.3 is 20.6 Å². The molecular formula is C15H15NO4. The molecule has 104 valence electrons. The maximum absolute atomic E-state index is 11.3. The number of hydrogen-bond donors (Lipinski definition) is 4. The Labute approximate surface area is 116 Å². The van der Waals surface area contributed by atoms with Gasteiger partial charge in [0.1, 0.15) is 17.5 Å². The number of nitrogens with one attached hydrogen (secondary N) is 1. The van der Waals surface area contributed by atoms with Gasteiger partial charge in [-0.05, 0) is 29.8 Å². The van der Waals surface area contributed by atoms with Crippen LogP contribution in [0.15, 0.2) is 48.5 Å². The van der Waals surface area contributed by atoms with Crippen molar-refractivity contribution < 1.29 is 20.1 Å². The van der Waals surface area contributed by atoms with Gasteiger partial charge in [-0.2, -0.15) is 0 Å². The minimum Gasteiger partial charge on any atom is -0.508 e. The monoisotopic (exact) mass is 273 g/mol. The SMILES string of the molecule is O=C(O)[C@H](Cc1ccc(O)cc1)Nc1ccccc1O. The normalized spacial score (nSPS) is 11.8. The smallest absolute Gasteiger partial charge is 0.326 e. The van der Waals surface area contributed by atoms with Crippen molar-refractivity contribution in [3.8, 4) is 11.5 Å². The third kappa shape index (κ3) is 3.41. The fourth-order valence-corrected chi connectivity index (χ4v) is 1.85. The van der Waals surface area contributed by atoms with Crippen LogP contribution < -0.4 is 5.32 Å². The van der Waals surface area contributed by atoms with Crippen molar-refractivity contribution in [2.24, 2.45) is 0 Å². The molecule has 0 radical (unpaired) electrons. The molecule has 0 aliphatic rings. The van der Waals surface area contributed by atoms with Crippen molar-refractivity contribution >= 4 is 11.7 Å². The molecule has 2 rings (SSSR count). The maximum Gasteiger partial charge on any atom is 0.326 e. The van der Waals surface area contributed by atoms with E-state index in [1.54, 1.807) is 30.3 Å². The zero-order valence-corrected chi connectivity index (χ0v) is 10.7. The molecule has 0 unspecified atom stereocenters. The molecule has 0 heterocycles. The van der Waals surface area contributed by atoms with E-state index in [0.717, 1.165) is 5.56 Å². The number of phenolic OH excluding ortho intramolecular Hbond substituents is 2. The summed E-state index contributed by atoms with van der Waals surface area (Å²) in [4.78, 5) is 11.3. The van der Waals surface area contributed by atoms with E-state index in [1.165, 1.54) is 18.2 Å². The van der Waals surface area contributed by atoms with Crippen molar-refractivity contribution in [2.75, 3.05) is 5.32 Å². The predicted molar refractivity (Wildman–Crippen MR) is 75.0 cm³/mol. The molecule has 0 saturated heterocycles. The summed E-state index contributed by atoms with van der Waals surface area (Å²) >= 11 is 0. The molecule has 2 aromatic rings. The lowest BCUT2D eigenvalue weighted by atomic mass is 10.1. The van der Waals surface area contributed by atoms with E-state index < -0.39 is 12.0 Å². The second kappa shape index (κ2) is 5.97. The number of carboxylic acids is 1. The van der Waals surface area contributed by atoms with Gasteiger partial charge in [0, 0.05) is 6.42 Å². The second-order valence-electron chi connectivity index (χ2n) is 4.42. The Balaban J connectivity index is 2.14. The molecule has 0 bridgehead atoms. The molecule has 0 aromatic heterocycles. The number of carbonyl (C=O) groups is 1. The van der Waals surface area contributed by atoms with Crippen LogP contribution in [0, 0.1) is 0 Å². The van der Waals surface area contributed by atoms with Crippen molar-refractivity contribution in [1.29, 1.82) is 0 Å². The highest BCUT2D eigenvalue weighted by Crippen LogP contribution is 2.23. The first-order chi connectivity index (χ1) is 9.56. The third-order valence-electron chi connectivity index (χ3n) is 2.91. The summed E-state index contributed by atoms with van der Waals surface area (Å²) in [5.74, 6) is -0.875. The van der Waals surface area contributed by atoms with Gasteiger partial charge in [-0.3, -0.25) is 0 Å². The van der Waals surface area contributed by atoms with Gasteiger partial charge in [0.05, 0.1) is 5.69 Å². The standard InChI is InChI=1S/C15H15NO4/c17-11-7-5-10(6-8-11)9-13(15(19)20)16-12-3-1-2-4-14(12)18/h1-8,13,16-18H,9H2,(H,19,20)/t13-/m0/s1. The molecule has 0 aliphatic carbocycles. The van der Waals surface area contributed by atoms with Gasteiger partial charge in [-0.25, -0.2) is 4.79 Å². The van der Waals surface area contributed by atoms with Crippen LogP contribution in [0.2, 0.25) is 0 Å². The lowest BCUT2D eigenvalue weighted by Crippen LogP contribution is -2.31. The summed E-state index contributed by atoms with van der Waals surface area (Å²) in [7, 11) is 0. The summed E-state index contributed by atoms with van der Waals surface area (Å²) < 4.78 is 0. The fraction of sp³-hybridized carbons (Fsp3) is 0.133.